The second kappa shape index (κ2) is 22.2. The van der Waals surface area contributed by atoms with Gasteiger partial charge in [0.1, 0.15) is 0 Å². The predicted octanol–water partition coefficient (Wildman–Crippen LogP) is -3.88. The van der Waals surface area contributed by atoms with Crippen LogP contribution in [0.25, 0.3) is 0 Å². The van der Waals surface area contributed by atoms with Gasteiger partial charge in [-0.25, -0.2) is 4.98 Å². The molecule has 22 heavy (non-hydrogen) atoms. The van der Waals surface area contributed by atoms with Crippen LogP contribution in [0.2, 0.25) is 0 Å². The molecule has 10 nitrogen and oxygen atoms in total. The van der Waals surface area contributed by atoms with Gasteiger partial charge in [-0.15, -0.1) is 0 Å². The summed E-state index contributed by atoms with van der Waals surface area (Å²) >= 11 is 0. The van der Waals surface area contributed by atoms with E-state index in [0.29, 0.717) is 0 Å². The molecule has 8 N–H and O–H groups in total. The van der Waals surface area contributed by atoms with Gasteiger partial charge in [0.05, 0.1) is 6.33 Å². The molecule has 0 aliphatic heterocycles. The van der Waals surface area contributed by atoms with Gasteiger partial charge < -0.3 is 44.8 Å². The lowest BCUT2D eigenvalue weighted by Gasteiger charge is -1.76. The van der Waals surface area contributed by atoms with Gasteiger partial charge in [-0.1, -0.05) is 0 Å². The van der Waals surface area contributed by atoms with Crippen LogP contribution in [0.4, 0.5) is 17.3 Å². The third-order valence-corrected chi connectivity index (χ3v) is 0.637. The maximum atomic E-state index is 10.1. The summed E-state index contributed by atoms with van der Waals surface area (Å²) in [5, 5.41) is 55.6. The van der Waals surface area contributed by atoms with Crippen LogP contribution in [-0.4, -0.2) is 79.3 Å². The molecule has 0 aromatic carbocycles. The van der Waals surface area contributed by atoms with E-state index in [-0.39, 0.29) is 0 Å². The van der Waals surface area contributed by atoms with Crippen LogP contribution in [0.5, 0.6) is 0 Å². The van der Waals surface area contributed by atoms with Gasteiger partial charge in [-0.3, -0.25) is 17.3 Å². The maximum Gasteiger partial charge on any atom is 0.674 e. The van der Waals surface area contributed by atoms with Crippen LogP contribution in [0, 0.1) is 0 Å². The van der Waals surface area contributed by atoms with Gasteiger partial charge in [0, 0.05) is 19.4 Å². The van der Waals surface area contributed by atoms with Crippen molar-refractivity contribution in [3.63, 3.8) is 0 Å². The minimum absolute atomic E-state index is 1.75. The summed E-state index contributed by atoms with van der Waals surface area (Å²) in [6.07, 6.45) is 5.39. The lowest BCUT2D eigenvalue weighted by atomic mass is 10.3. The van der Waals surface area contributed by atoms with Crippen molar-refractivity contribution in [1.29, 1.82) is 0 Å². The Morgan fingerprint density at radius 1 is 0.727 bits per heavy atom. The molecule has 1 aromatic heterocycles. The number of hydrogen-bond acceptors (Lipinski definition) is 9. The lowest BCUT2D eigenvalue weighted by Crippen LogP contribution is -1.98. The molecular formula is C4H14B4F4N2O8. The predicted molar refractivity (Wildman–Crippen MR) is 68.4 cm³/mol. The molecule has 0 aliphatic carbocycles. The van der Waals surface area contributed by atoms with Gasteiger partial charge in [-0.05, 0) is 0 Å². The molecule has 0 saturated carbocycles. The van der Waals surface area contributed by atoms with E-state index in [4.69, 9.17) is 40.2 Å². The van der Waals surface area contributed by atoms with Crippen molar-refractivity contribution in [3.8, 4) is 0 Å². The van der Waals surface area contributed by atoms with Crippen LogP contribution in [0.3, 0.4) is 0 Å². The summed E-state index contributed by atoms with van der Waals surface area (Å²) in [4.78, 5) is 3.78. The standard InChI is InChI=1S/C4H6N2.4BFH2O2/c1-6-3-2-5-4-6;4*2-1(3)4/h2-4H,1H3;4*3-4H. The smallest absolute Gasteiger partial charge is 0.398 e. The number of aromatic nitrogens is 2. The Morgan fingerprint density at radius 3 is 1.00 bits per heavy atom. The van der Waals surface area contributed by atoms with Crippen molar-refractivity contribution >= 4 is 29.6 Å². The molecule has 0 fully saturated rings. The van der Waals surface area contributed by atoms with Gasteiger partial charge in [0.2, 0.25) is 0 Å². The Balaban J connectivity index is -0.0000000937. The SMILES string of the molecule is Cn1ccnc1.OB(O)F.OB(O)F.OB(O)F.OB(O)F. The lowest BCUT2D eigenvalue weighted by molar-refractivity contribution is 0.338. The fourth-order valence-electron chi connectivity index (χ4n) is 0.326. The summed E-state index contributed by atoms with van der Waals surface area (Å²) < 4.78 is 42.3. The average molecular weight is 337 g/mol. The number of rotatable bonds is 0. The van der Waals surface area contributed by atoms with E-state index >= 15 is 0 Å². The summed E-state index contributed by atoms with van der Waals surface area (Å²) in [7, 11) is -8.73. The zero-order valence-electron chi connectivity index (χ0n) is 11.0. The number of imidazole rings is 1. The van der Waals surface area contributed by atoms with E-state index < -0.39 is 29.6 Å². The first-order chi connectivity index (χ1) is 9.82. The van der Waals surface area contributed by atoms with Crippen molar-refractivity contribution in [1.82, 2.24) is 9.55 Å². The number of halogens is 4. The fourth-order valence-corrected chi connectivity index (χ4v) is 0.326. The highest BCUT2D eigenvalue weighted by atomic mass is 19.1. The molecule has 1 aromatic rings. The van der Waals surface area contributed by atoms with Crippen molar-refractivity contribution in [3.05, 3.63) is 18.7 Å². The third-order valence-electron chi connectivity index (χ3n) is 0.637. The monoisotopic (exact) mass is 338 g/mol. The zero-order valence-corrected chi connectivity index (χ0v) is 11.0. The van der Waals surface area contributed by atoms with E-state index in [1.807, 2.05) is 17.8 Å². The normalized spacial score (nSPS) is 7.32. The first-order valence-electron chi connectivity index (χ1n) is 4.75. The Bertz CT molecular complexity index is 250. The molecule has 18 heteroatoms. The largest absolute Gasteiger partial charge is 0.674 e. The Hall–Kier alpha value is -1.13. The molecule has 0 saturated heterocycles. The first-order valence-corrected chi connectivity index (χ1v) is 4.75. The molecule has 1 rings (SSSR count). The van der Waals surface area contributed by atoms with E-state index in [0.717, 1.165) is 0 Å². The molecule has 0 atom stereocenters. The van der Waals surface area contributed by atoms with E-state index in [2.05, 4.69) is 4.98 Å². The Morgan fingerprint density at radius 2 is 0.955 bits per heavy atom. The first kappa shape index (κ1) is 29.0. The molecule has 0 spiro atoms. The van der Waals surface area contributed by atoms with Gasteiger partial charge in [0.25, 0.3) is 0 Å². The average Bonchev–Trinajstić information content (AvgIpc) is 2.64. The van der Waals surface area contributed by atoms with Crippen LogP contribution < -0.4 is 0 Å². The zero-order chi connectivity index (χ0) is 18.7. The second-order valence-electron chi connectivity index (χ2n) is 2.47. The highest BCUT2D eigenvalue weighted by molar-refractivity contribution is 6.32. The molecule has 0 radical (unpaired) electrons. The maximum absolute atomic E-state index is 10.1. The molecule has 0 aliphatic rings. The van der Waals surface area contributed by atoms with Crippen molar-refractivity contribution in [2.24, 2.45) is 7.05 Å². The molecule has 0 unspecified atom stereocenters. The van der Waals surface area contributed by atoms with Crippen molar-refractivity contribution in [2.75, 3.05) is 0 Å². The molecular weight excluding hydrogens is 323 g/mol. The molecule has 0 bridgehead atoms. The van der Waals surface area contributed by atoms with Gasteiger partial charge in [0.15, 0.2) is 0 Å². The number of hydrogen-bond donors (Lipinski definition) is 8. The van der Waals surface area contributed by atoms with E-state index in [1.54, 1.807) is 12.5 Å². The summed E-state index contributed by atoms with van der Waals surface area (Å²) in [5.74, 6) is 0. The Kier molecular flexibility index (Phi) is 29.2. The number of nitrogens with zero attached hydrogens (tertiary/aromatic N) is 2. The summed E-state index contributed by atoms with van der Waals surface area (Å²) in [6, 6.07) is 0. The Labute approximate surface area is 123 Å². The van der Waals surface area contributed by atoms with Gasteiger partial charge in [-0.2, -0.15) is 0 Å². The third kappa shape index (κ3) is 175. The summed E-state index contributed by atoms with van der Waals surface area (Å²) in [6.45, 7) is 0. The van der Waals surface area contributed by atoms with Crippen LogP contribution >= 0.6 is 0 Å². The number of aryl methyl sites for hydroxylation is 1. The molecule has 1 heterocycles. The van der Waals surface area contributed by atoms with Crippen LogP contribution in [-0.2, 0) is 7.05 Å². The quantitative estimate of drug-likeness (QED) is 0.173. The highest BCUT2D eigenvalue weighted by Crippen LogP contribution is 1.73. The molecule has 128 valence electrons. The van der Waals surface area contributed by atoms with Gasteiger partial charge >= 0.3 is 29.6 Å². The minimum Gasteiger partial charge on any atom is -0.398 e. The fraction of sp³-hybridized carbons (Fsp3) is 0.250. The topological polar surface area (TPSA) is 180 Å². The van der Waals surface area contributed by atoms with Crippen LogP contribution in [0.1, 0.15) is 0 Å². The highest BCUT2D eigenvalue weighted by Gasteiger charge is 1.98. The second-order valence-corrected chi connectivity index (χ2v) is 2.47. The van der Waals surface area contributed by atoms with Crippen molar-refractivity contribution in [2.45, 2.75) is 0 Å². The minimum atomic E-state index is -2.67. The summed E-state index contributed by atoms with van der Waals surface area (Å²) in [5.41, 5.74) is 0. The van der Waals surface area contributed by atoms with E-state index in [9.17, 15) is 17.3 Å². The van der Waals surface area contributed by atoms with E-state index in [1.165, 1.54) is 0 Å². The van der Waals surface area contributed by atoms with Crippen molar-refractivity contribution < 1.29 is 57.5 Å². The molecule has 0 amide bonds. The van der Waals surface area contributed by atoms with Crippen LogP contribution in [0.15, 0.2) is 18.7 Å².